The van der Waals surface area contributed by atoms with E-state index in [4.69, 9.17) is 9.47 Å². The Bertz CT molecular complexity index is 787. The molecule has 1 heterocycles. The molecule has 0 N–H and O–H groups in total. The summed E-state index contributed by atoms with van der Waals surface area (Å²) in [4.78, 5) is 12.9. The van der Waals surface area contributed by atoms with Gasteiger partial charge in [-0.25, -0.2) is 4.68 Å². The van der Waals surface area contributed by atoms with Crippen molar-refractivity contribution in [1.82, 2.24) is 9.78 Å². The van der Waals surface area contributed by atoms with Crippen LogP contribution in [0.4, 0.5) is 0 Å². The van der Waals surface area contributed by atoms with Gasteiger partial charge in [-0.15, -0.1) is 0 Å². The van der Waals surface area contributed by atoms with Crippen molar-refractivity contribution in [1.29, 1.82) is 0 Å². The average molecular weight is 373 g/mol. The summed E-state index contributed by atoms with van der Waals surface area (Å²) in [6, 6.07) is 7.88. The van der Waals surface area contributed by atoms with Gasteiger partial charge in [-0.2, -0.15) is 5.10 Å². The lowest BCUT2D eigenvalue weighted by Crippen LogP contribution is -2.38. The Morgan fingerprint density at radius 3 is 2.33 bits per heavy atom. The van der Waals surface area contributed by atoms with Gasteiger partial charge in [-0.05, 0) is 50.8 Å². The van der Waals surface area contributed by atoms with Gasteiger partial charge in [0.15, 0.2) is 0 Å². The molecule has 2 aromatic rings. The molecule has 0 bridgehead atoms. The minimum Gasteiger partial charge on any atom is -0.489 e. The van der Waals surface area contributed by atoms with E-state index in [9.17, 15) is 4.79 Å². The first-order chi connectivity index (χ1) is 12.7. The van der Waals surface area contributed by atoms with Gasteiger partial charge in [0, 0.05) is 17.7 Å². The maximum absolute atomic E-state index is 12.9. The van der Waals surface area contributed by atoms with Crippen LogP contribution >= 0.6 is 0 Å². The van der Waals surface area contributed by atoms with Crippen LogP contribution in [-0.2, 0) is 23.5 Å². The summed E-state index contributed by atoms with van der Waals surface area (Å²) < 4.78 is 13.0. The minimum absolute atomic E-state index is 0.0398. The fraction of sp³-hybridized carbons (Fsp3) is 0.545. The Labute approximate surface area is 162 Å². The molecular formula is C22H32N2O3. The molecule has 0 aliphatic rings. The van der Waals surface area contributed by atoms with Gasteiger partial charge in [0.2, 0.25) is 0 Å². The highest BCUT2D eigenvalue weighted by molar-refractivity contribution is 5.29. The number of ether oxygens (including phenoxy) is 2. The van der Waals surface area contributed by atoms with Crippen molar-refractivity contribution < 1.29 is 9.47 Å². The molecule has 27 heavy (non-hydrogen) atoms. The fourth-order valence-electron chi connectivity index (χ4n) is 2.89. The minimum atomic E-state index is -0.351. The summed E-state index contributed by atoms with van der Waals surface area (Å²) in [5, 5.41) is 4.37. The van der Waals surface area contributed by atoms with E-state index in [0.717, 1.165) is 35.5 Å². The van der Waals surface area contributed by atoms with E-state index in [1.54, 1.807) is 10.9 Å². The van der Waals surface area contributed by atoms with Crippen molar-refractivity contribution in [2.75, 3.05) is 6.61 Å². The third-order valence-corrected chi connectivity index (χ3v) is 4.25. The lowest BCUT2D eigenvalue weighted by atomic mass is 9.99. The van der Waals surface area contributed by atoms with Crippen LogP contribution in [-0.4, -0.2) is 16.4 Å². The summed E-state index contributed by atoms with van der Waals surface area (Å²) >= 11 is 0. The van der Waals surface area contributed by atoms with Crippen molar-refractivity contribution in [2.24, 2.45) is 0 Å². The first-order valence-corrected chi connectivity index (χ1v) is 9.65. The zero-order valence-corrected chi connectivity index (χ0v) is 17.4. The SMILES string of the molecule is CCCOCc1ccc(OCc2cnn(C(C)(C)C)c(=O)c2C(C)C)cc1. The number of hydrogen-bond acceptors (Lipinski definition) is 4. The molecule has 5 nitrogen and oxygen atoms in total. The molecule has 0 saturated carbocycles. The summed E-state index contributed by atoms with van der Waals surface area (Å²) in [5.41, 5.74) is 2.33. The summed E-state index contributed by atoms with van der Waals surface area (Å²) in [6.07, 6.45) is 2.77. The second-order valence-electron chi connectivity index (χ2n) is 8.11. The van der Waals surface area contributed by atoms with Crippen LogP contribution in [0.5, 0.6) is 5.75 Å². The van der Waals surface area contributed by atoms with Crippen molar-refractivity contribution in [3.63, 3.8) is 0 Å². The standard InChI is InChI=1S/C22H32N2O3/c1-7-12-26-14-17-8-10-19(11-9-17)27-15-18-13-23-24(22(4,5)6)21(25)20(18)16(2)3/h8-11,13,16H,7,12,14-15H2,1-6H3. The molecule has 2 rings (SSSR count). The van der Waals surface area contributed by atoms with Crippen LogP contribution in [0.25, 0.3) is 0 Å². The molecule has 1 aromatic carbocycles. The maximum Gasteiger partial charge on any atom is 0.271 e. The maximum atomic E-state index is 12.9. The third kappa shape index (κ3) is 5.67. The van der Waals surface area contributed by atoms with Gasteiger partial charge in [0.25, 0.3) is 5.56 Å². The molecule has 0 atom stereocenters. The third-order valence-electron chi connectivity index (χ3n) is 4.25. The highest BCUT2D eigenvalue weighted by atomic mass is 16.5. The molecule has 0 fully saturated rings. The zero-order valence-electron chi connectivity index (χ0n) is 17.4. The summed E-state index contributed by atoms with van der Waals surface area (Å²) in [6.45, 7) is 13.8. The summed E-state index contributed by atoms with van der Waals surface area (Å²) in [7, 11) is 0. The number of aromatic nitrogens is 2. The predicted octanol–water partition coefficient (Wildman–Crippen LogP) is 4.63. The van der Waals surface area contributed by atoms with Crippen LogP contribution in [0.3, 0.4) is 0 Å². The molecule has 0 unspecified atom stereocenters. The van der Waals surface area contributed by atoms with Crippen LogP contribution < -0.4 is 10.3 Å². The molecule has 148 valence electrons. The van der Waals surface area contributed by atoms with E-state index in [1.165, 1.54) is 0 Å². The second kappa shape index (κ2) is 9.18. The zero-order chi connectivity index (χ0) is 20.0. The summed E-state index contributed by atoms with van der Waals surface area (Å²) in [5.74, 6) is 0.870. The smallest absolute Gasteiger partial charge is 0.271 e. The van der Waals surface area contributed by atoms with E-state index in [0.29, 0.717) is 13.2 Å². The van der Waals surface area contributed by atoms with E-state index in [-0.39, 0.29) is 17.0 Å². The van der Waals surface area contributed by atoms with E-state index >= 15 is 0 Å². The van der Waals surface area contributed by atoms with Crippen LogP contribution in [0.2, 0.25) is 0 Å². The lowest BCUT2D eigenvalue weighted by Gasteiger charge is -2.23. The average Bonchev–Trinajstić information content (AvgIpc) is 2.59. The van der Waals surface area contributed by atoms with E-state index in [1.807, 2.05) is 58.9 Å². The molecule has 1 aromatic heterocycles. The Kier molecular flexibility index (Phi) is 7.19. The second-order valence-corrected chi connectivity index (χ2v) is 8.11. The fourth-order valence-corrected chi connectivity index (χ4v) is 2.89. The van der Waals surface area contributed by atoms with E-state index < -0.39 is 0 Å². The monoisotopic (exact) mass is 372 g/mol. The molecule has 0 saturated heterocycles. The van der Waals surface area contributed by atoms with Crippen molar-refractivity contribution >= 4 is 0 Å². The molecule has 0 spiro atoms. The van der Waals surface area contributed by atoms with Crippen molar-refractivity contribution in [3.05, 3.63) is 57.5 Å². The number of nitrogens with zero attached hydrogens (tertiary/aromatic N) is 2. The molecule has 0 radical (unpaired) electrons. The Hall–Kier alpha value is -2.14. The highest BCUT2D eigenvalue weighted by Crippen LogP contribution is 2.20. The van der Waals surface area contributed by atoms with Crippen molar-refractivity contribution in [3.8, 4) is 5.75 Å². The largest absolute Gasteiger partial charge is 0.489 e. The Balaban J connectivity index is 2.13. The normalized spacial score (nSPS) is 11.8. The predicted molar refractivity (Wildman–Crippen MR) is 108 cm³/mol. The highest BCUT2D eigenvalue weighted by Gasteiger charge is 2.21. The quantitative estimate of drug-likeness (QED) is 0.634. The topological polar surface area (TPSA) is 53.4 Å². The van der Waals surface area contributed by atoms with Crippen LogP contribution in [0.1, 0.15) is 70.6 Å². The molecule has 0 aliphatic carbocycles. The van der Waals surface area contributed by atoms with Gasteiger partial charge in [-0.1, -0.05) is 32.9 Å². The molecule has 0 amide bonds. The number of hydrogen-bond donors (Lipinski definition) is 0. The van der Waals surface area contributed by atoms with Gasteiger partial charge < -0.3 is 9.47 Å². The van der Waals surface area contributed by atoms with Gasteiger partial charge in [0.05, 0.1) is 18.3 Å². The van der Waals surface area contributed by atoms with Crippen LogP contribution in [0, 0.1) is 0 Å². The molecular weight excluding hydrogens is 340 g/mol. The van der Waals surface area contributed by atoms with Crippen LogP contribution in [0.15, 0.2) is 35.3 Å². The Morgan fingerprint density at radius 1 is 1.11 bits per heavy atom. The van der Waals surface area contributed by atoms with Gasteiger partial charge in [-0.3, -0.25) is 4.79 Å². The first kappa shape index (κ1) is 21.2. The molecule has 0 aliphatic heterocycles. The number of rotatable bonds is 8. The van der Waals surface area contributed by atoms with Gasteiger partial charge >= 0.3 is 0 Å². The lowest BCUT2D eigenvalue weighted by molar-refractivity contribution is 0.121. The Morgan fingerprint density at radius 2 is 1.78 bits per heavy atom. The molecule has 5 heteroatoms. The number of benzene rings is 1. The first-order valence-electron chi connectivity index (χ1n) is 9.65. The van der Waals surface area contributed by atoms with Gasteiger partial charge in [0.1, 0.15) is 12.4 Å². The van der Waals surface area contributed by atoms with E-state index in [2.05, 4.69) is 12.0 Å². The van der Waals surface area contributed by atoms with Crippen molar-refractivity contribution in [2.45, 2.75) is 72.6 Å².